The van der Waals surface area contributed by atoms with E-state index in [4.69, 9.17) is 25.8 Å². The van der Waals surface area contributed by atoms with Crippen LogP contribution in [0.15, 0.2) is 35.2 Å². The maximum Gasteiger partial charge on any atom is 0.338 e. The van der Waals surface area contributed by atoms with Gasteiger partial charge in [0.25, 0.3) is 0 Å². The molecule has 0 fully saturated rings. The fourth-order valence-electron chi connectivity index (χ4n) is 2.62. The van der Waals surface area contributed by atoms with Crippen molar-refractivity contribution in [3.05, 3.63) is 57.9 Å². The molecule has 1 aliphatic rings. The third kappa shape index (κ3) is 4.12. The molecule has 0 saturated heterocycles. The van der Waals surface area contributed by atoms with Crippen molar-refractivity contribution < 1.29 is 31.8 Å². The minimum Gasteiger partial charge on any atom is -0.467 e. The van der Waals surface area contributed by atoms with Crippen molar-refractivity contribution in [2.24, 2.45) is 0 Å². The molecule has 0 bridgehead atoms. The van der Waals surface area contributed by atoms with Gasteiger partial charge in [-0.2, -0.15) is 0 Å². The van der Waals surface area contributed by atoms with E-state index >= 15 is 0 Å². The number of hydrogen-bond donors (Lipinski definition) is 0. The molecule has 0 atom stereocenters. The molecule has 1 heterocycles. The molecule has 0 spiro atoms. The molecule has 0 unspecified atom stereocenters. The van der Waals surface area contributed by atoms with E-state index < -0.39 is 21.8 Å². The van der Waals surface area contributed by atoms with Gasteiger partial charge in [-0.3, -0.25) is 0 Å². The molecule has 0 N–H and O–H groups in total. The highest BCUT2D eigenvalue weighted by atomic mass is 35.5. The van der Waals surface area contributed by atoms with Crippen molar-refractivity contribution >= 4 is 27.6 Å². The standard InChI is InChI=1S/C18H17ClFNO6S/c1-21(2)28(23,24)16-7-11(3-4-15(16)19)18(22)26-9-13-6-14(20)5-12-8-25-10-27-17(12)13/h3-7H,8-10H2,1-2H3. The Labute approximate surface area is 166 Å². The van der Waals surface area contributed by atoms with E-state index in [1.807, 2.05) is 0 Å². The Kier molecular flexibility index (Phi) is 5.90. The Morgan fingerprint density at radius 1 is 1.29 bits per heavy atom. The van der Waals surface area contributed by atoms with Crippen molar-refractivity contribution in [1.82, 2.24) is 4.31 Å². The van der Waals surface area contributed by atoms with Crippen LogP contribution in [0.5, 0.6) is 5.75 Å². The van der Waals surface area contributed by atoms with Gasteiger partial charge in [-0.25, -0.2) is 21.9 Å². The fourth-order valence-corrected chi connectivity index (χ4v) is 4.01. The SMILES string of the molecule is CN(C)S(=O)(=O)c1cc(C(=O)OCc2cc(F)cc3c2OCOC3)ccc1Cl. The van der Waals surface area contributed by atoms with Crippen LogP contribution in [-0.4, -0.2) is 39.6 Å². The number of esters is 1. The number of carbonyl (C=O) groups is 1. The number of halogens is 2. The van der Waals surface area contributed by atoms with Crippen LogP contribution in [0.3, 0.4) is 0 Å². The third-order valence-electron chi connectivity index (χ3n) is 4.04. The average Bonchev–Trinajstić information content (AvgIpc) is 2.65. The van der Waals surface area contributed by atoms with Crippen LogP contribution in [0.2, 0.25) is 5.02 Å². The zero-order valence-corrected chi connectivity index (χ0v) is 16.6. The van der Waals surface area contributed by atoms with E-state index in [-0.39, 0.29) is 35.5 Å². The lowest BCUT2D eigenvalue weighted by atomic mass is 10.1. The number of carbonyl (C=O) groups excluding carboxylic acids is 1. The molecule has 10 heteroatoms. The quantitative estimate of drug-likeness (QED) is 0.680. The van der Waals surface area contributed by atoms with Gasteiger partial charge in [0.15, 0.2) is 6.79 Å². The van der Waals surface area contributed by atoms with Crippen molar-refractivity contribution in [3.63, 3.8) is 0 Å². The summed E-state index contributed by atoms with van der Waals surface area (Å²) in [6, 6.07) is 6.30. The number of benzene rings is 2. The van der Waals surface area contributed by atoms with Crippen LogP contribution in [0.4, 0.5) is 4.39 Å². The van der Waals surface area contributed by atoms with E-state index in [2.05, 4.69) is 0 Å². The van der Waals surface area contributed by atoms with E-state index in [0.29, 0.717) is 16.9 Å². The largest absolute Gasteiger partial charge is 0.467 e. The van der Waals surface area contributed by atoms with Gasteiger partial charge in [-0.15, -0.1) is 0 Å². The predicted octanol–water partition coefficient (Wildman–Crippen LogP) is 2.95. The van der Waals surface area contributed by atoms with Crippen molar-refractivity contribution in [3.8, 4) is 5.75 Å². The maximum atomic E-state index is 13.8. The number of sulfonamides is 1. The normalized spacial score (nSPS) is 13.8. The molecule has 3 rings (SSSR count). The molecule has 0 saturated carbocycles. The second kappa shape index (κ2) is 8.04. The van der Waals surface area contributed by atoms with Crippen molar-refractivity contribution in [1.29, 1.82) is 0 Å². The zero-order valence-electron chi connectivity index (χ0n) is 15.1. The third-order valence-corrected chi connectivity index (χ3v) is 6.33. The molecule has 0 amide bonds. The summed E-state index contributed by atoms with van der Waals surface area (Å²) in [7, 11) is -1.13. The first-order valence-electron chi connectivity index (χ1n) is 8.11. The molecule has 2 aromatic rings. The van der Waals surface area contributed by atoms with Crippen molar-refractivity contribution in [2.45, 2.75) is 18.1 Å². The number of rotatable bonds is 5. The monoisotopic (exact) mass is 429 g/mol. The first-order valence-corrected chi connectivity index (χ1v) is 9.93. The lowest BCUT2D eigenvalue weighted by Crippen LogP contribution is -2.23. The highest BCUT2D eigenvalue weighted by Crippen LogP contribution is 2.30. The van der Waals surface area contributed by atoms with Crippen LogP contribution < -0.4 is 4.74 Å². The first kappa shape index (κ1) is 20.5. The lowest BCUT2D eigenvalue weighted by Gasteiger charge is -2.20. The van der Waals surface area contributed by atoms with Gasteiger partial charge < -0.3 is 14.2 Å². The van der Waals surface area contributed by atoms with Crippen LogP contribution in [-0.2, 0) is 32.7 Å². The van der Waals surface area contributed by atoms with Crippen molar-refractivity contribution in [2.75, 3.05) is 20.9 Å². The molecular weight excluding hydrogens is 413 g/mol. The van der Waals surface area contributed by atoms with Gasteiger partial charge in [0.2, 0.25) is 10.0 Å². The second-order valence-electron chi connectivity index (χ2n) is 6.17. The Bertz CT molecular complexity index is 1020. The molecule has 28 heavy (non-hydrogen) atoms. The summed E-state index contributed by atoms with van der Waals surface area (Å²) in [6.45, 7) is -0.0448. The van der Waals surface area contributed by atoms with E-state index in [1.54, 1.807) is 0 Å². The van der Waals surface area contributed by atoms with Gasteiger partial charge in [0, 0.05) is 25.2 Å². The molecule has 0 aromatic heterocycles. The molecule has 150 valence electrons. The summed E-state index contributed by atoms with van der Waals surface area (Å²) in [5.41, 5.74) is 0.865. The predicted molar refractivity (Wildman–Crippen MR) is 98.1 cm³/mol. The number of ether oxygens (including phenoxy) is 3. The van der Waals surface area contributed by atoms with Crippen LogP contribution >= 0.6 is 11.6 Å². The topological polar surface area (TPSA) is 82.1 Å². The highest BCUT2D eigenvalue weighted by molar-refractivity contribution is 7.89. The first-order chi connectivity index (χ1) is 13.2. The number of hydrogen-bond acceptors (Lipinski definition) is 6. The van der Waals surface area contributed by atoms with Crippen LogP contribution in [0.25, 0.3) is 0 Å². The van der Waals surface area contributed by atoms with E-state index in [1.165, 1.54) is 38.4 Å². The van der Waals surface area contributed by atoms with Gasteiger partial charge in [-0.1, -0.05) is 11.6 Å². The summed E-state index contributed by atoms with van der Waals surface area (Å²) in [5, 5.41) is -0.0159. The maximum absolute atomic E-state index is 13.8. The minimum atomic E-state index is -3.84. The summed E-state index contributed by atoms with van der Waals surface area (Å²) < 4.78 is 55.1. The van der Waals surface area contributed by atoms with Gasteiger partial charge in [0.1, 0.15) is 23.1 Å². The van der Waals surface area contributed by atoms with Crippen LogP contribution in [0, 0.1) is 5.82 Å². The zero-order chi connectivity index (χ0) is 20.5. The summed E-state index contributed by atoms with van der Waals surface area (Å²) in [5.74, 6) is -0.880. The average molecular weight is 430 g/mol. The molecule has 2 aromatic carbocycles. The van der Waals surface area contributed by atoms with E-state index in [9.17, 15) is 17.6 Å². The van der Waals surface area contributed by atoms with Gasteiger partial charge in [-0.05, 0) is 30.3 Å². The second-order valence-corrected chi connectivity index (χ2v) is 8.70. The van der Waals surface area contributed by atoms with Crippen LogP contribution in [0.1, 0.15) is 21.5 Å². The Morgan fingerprint density at radius 2 is 2.04 bits per heavy atom. The lowest BCUT2D eigenvalue weighted by molar-refractivity contribution is -0.0182. The molecule has 1 aliphatic heterocycles. The summed E-state index contributed by atoms with van der Waals surface area (Å²) >= 11 is 5.97. The summed E-state index contributed by atoms with van der Waals surface area (Å²) in [6.07, 6.45) is 0. The molecule has 0 radical (unpaired) electrons. The molecule has 7 nitrogen and oxygen atoms in total. The Morgan fingerprint density at radius 3 is 2.75 bits per heavy atom. The Hall–Kier alpha value is -2.20. The van der Waals surface area contributed by atoms with E-state index in [0.717, 1.165) is 10.4 Å². The smallest absolute Gasteiger partial charge is 0.338 e. The fraction of sp³-hybridized carbons (Fsp3) is 0.278. The van der Waals surface area contributed by atoms with Gasteiger partial charge >= 0.3 is 5.97 Å². The minimum absolute atomic E-state index is 0.000604. The van der Waals surface area contributed by atoms with Gasteiger partial charge in [0.05, 0.1) is 17.2 Å². The highest BCUT2D eigenvalue weighted by Gasteiger charge is 2.23. The molecular formula is C18H17ClFNO6S. The number of nitrogens with zero attached hydrogens (tertiary/aromatic N) is 1. The number of fused-ring (bicyclic) bond motifs is 1. The molecule has 0 aliphatic carbocycles. The Balaban J connectivity index is 1.83. The summed E-state index contributed by atoms with van der Waals surface area (Å²) in [4.78, 5) is 12.2.